The number of sulfone groups is 1. The number of carboxylic acid groups (broad SMARTS) is 1. The molecule has 6 heteroatoms. The van der Waals surface area contributed by atoms with E-state index >= 15 is 0 Å². The van der Waals surface area contributed by atoms with E-state index < -0.39 is 27.6 Å². The van der Waals surface area contributed by atoms with Gasteiger partial charge in [-0.25, -0.2) is 8.42 Å². The molecule has 2 atom stereocenters. The Bertz CT molecular complexity index is 284. The SMILES string of the molecule is NCC1CS(=O)(=O)CC1C(=O)O. The molecule has 0 spiro atoms. The van der Waals surface area contributed by atoms with Crippen LogP contribution in [0, 0.1) is 11.8 Å². The summed E-state index contributed by atoms with van der Waals surface area (Å²) in [5.74, 6) is -2.62. The van der Waals surface area contributed by atoms with E-state index in [1.165, 1.54) is 0 Å². The Morgan fingerprint density at radius 1 is 1.50 bits per heavy atom. The fourth-order valence-corrected chi connectivity index (χ4v) is 3.54. The molecule has 0 amide bonds. The zero-order chi connectivity index (χ0) is 9.35. The molecule has 1 aliphatic heterocycles. The Hall–Kier alpha value is -0.620. The van der Waals surface area contributed by atoms with Crippen molar-refractivity contribution >= 4 is 15.8 Å². The summed E-state index contributed by atoms with van der Waals surface area (Å²) in [4.78, 5) is 10.5. The Balaban J connectivity index is 2.83. The monoisotopic (exact) mass is 193 g/mol. The lowest BCUT2D eigenvalue weighted by Crippen LogP contribution is -2.27. The molecule has 0 bridgehead atoms. The summed E-state index contributed by atoms with van der Waals surface area (Å²) in [6.45, 7) is 0.121. The Kier molecular flexibility index (Phi) is 2.39. The second kappa shape index (κ2) is 3.02. The lowest BCUT2D eigenvalue weighted by atomic mass is 9.97. The van der Waals surface area contributed by atoms with Crippen LogP contribution in [-0.2, 0) is 14.6 Å². The van der Waals surface area contributed by atoms with Gasteiger partial charge in [0.15, 0.2) is 9.84 Å². The van der Waals surface area contributed by atoms with Crippen molar-refractivity contribution in [1.29, 1.82) is 0 Å². The molecule has 1 aliphatic rings. The van der Waals surface area contributed by atoms with Crippen molar-refractivity contribution in [2.75, 3.05) is 18.1 Å². The maximum absolute atomic E-state index is 11.0. The van der Waals surface area contributed by atoms with Crippen molar-refractivity contribution in [3.8, 4) is 0 Å². The molecule has 0 aromatic rings. The van der Waals surface area contributed by atoms with Gasteiger partial charge in [-0.2, -0.15) is 0 Å². The Morgan fingerprint density at radius 3 is 2.42 bits per heavy atom. The largest absolute Gasteiger partial charge is 0.481 e. The molecule has 12 heavy (non-hydrogen) atoms. The number of hydrogen-bond acceptors (Lipinski definition) is 4. The Labute approximate surface area is 70.5 Å². The highest BCUT2D eigenvalue weighted by Crippen LogP contribution is 2.24. The molecule has 70 valence electrons. The first-order valence-electron chi connectivity index (χ1n) is 3.59. The quantitative estimate of drug-likeness (QED) is 0.567. The zero-order valence-electron chi connectivity index (χ0n) is 6.43. The first kappa shape index (κ1) is 9.47. The number of aliphatic carboxylic acids is 1. The van der Waals surface area contributed by atoms with Gasteiger partial charge in [0, 0.05) is 0 Å². The smallest absolute Gasteiger partial charge is 0.307 e. The molecular weight excluding hydrogens is 182 g/mol. The molecule has 0 aliphatic carbocycles. The zero-order valence-corrected chi connectivity index (χ0v) is 7.25. The van der Waals surface area contributed by atoms with Crippen molar-refractivity contribution in [2.24, 2.45) is 17.6 Å². The van der Waals surface area contributed by atoms with E-state index in [1.807, 2.05) is 0 Å². The molecule has 1 saturated heterocycles. The van der Waals surface area contributed by atoms with E-state index in [0.29, 0.717) is 0 Å². The molecule has 1 fully saturated rings. The third-order valence-corrected chi connectivity index (χ3v) is 3.89. The van der Waals surface area contributed by atoms with Crippen LogP contribution >= 0.6 is 0 Å². The average molecular weight is 193 g/mol. The predicted molar refractivity (Wildman–Crippen MR) is 42.3 cm³/mol. The summed E-state index contributed by atoms with van der Waals surface area (Å²) < 4.78 is 22.0. The van der Waals surface area contributed by atoms with Gasteiger partial charge in [0.2, 0.25) is 0 Å². The van der Waals surface area contributed by atoms with Crippen LogP contribution < -0.4 is 5.73 Å². The summed E-state index contributed by atoms with van der Waals surface area (Å²) in [6, 6.07) is 0. The van der Waals surface area contributed by atoms with E-state index in [0.717, 1.165) is 0 Å². The van der Waals surface area contributed by atoms with Gasteiger partial charge in [0.05, 0.1) is 17.4 Å². The summed E-state index contributed by atoms with van der Waals surface area (Å²) >= 11 is 0. The minimum Gasteiger partial charge on any atom is -0.481 e. The lowest BCUT2D eigenvalue weighted by molar-refractivity contribution is -0.142. The van der Waals surface area contributed by atoms with Gasteiger partial charge in [-0.15, -0.1) is 0 Å². The standard InChI is InChI=1S/C6H11NO4S/c7-1-4-2-12(10,11)3-5(4)6(8)9/h4-5H,1-3,7H2,(H,8,9). The van der Waals surface area contributed by atoms with Crippen LogP contribution in [0.1, 0.15) is 0 Å². The maximum atomic E-state index is 11.0. The lowest BCUT2D eigenvalue weighted by Gasteiger charge is -2.09. The van der Waals surface area contributed by atoms with E-state index in [-0.39, 0.29) is 18.1 Å². The van der Waals surface area contributed by atoms with Crippen molar-refractivity contribution in [1.82, 2.24) is 0 Å². The van der Waals surface area contributed by atoms with Gasteiger partial charge >= 0.3 is 5.97 Å². The van der Waals surface area contributed by atoms with Gasteiger partial charge in [-0.3, -0.25) is 4.79 Å². The molecule has 0 aromatic heterocycles. The van der Waals surface area contributed by atoms with Crippen LogP contribution in [0.4, 0.5) is 0 Å². The topological polar surface area (TPSA) is 97.5 Å². The average Bonchev–Trinajstić information content (AvgIpc) is 2.25. The van der Waals surface area contributed by atoms with Crippen LogP contribution in [-0.4, -0.2) is 37.5 Å². The highest BCUT2D eigenvalue weighted by molar-refractivity contribution is 7.91. The van der Waals surface area contributed by atoms with Gasteiger partial charge in [0.25, 0.3) is 0 Å². The number of carboxylic acids is 1. The highest BCUT2D eigenvalue weighted by atomic mass is 32.2. The van der Waals surface area contributed by atoms with Gasteiger partial charge < -0.3 is 10.8 Å². The second-order valence-electron chi connectivity index (χ2n) is 3.02. The second-order valence-corrected chi connectivity index (χ2v) is 5.17. The fourth-order valence-electron chi connectivity index (χ4n) is 1.43. The first-order chi connectivity index (χ1) is 5.46. The normalized spacial score (nSPS) is 33.4. The summed E-state index contributed by atoms with van der Waals surface area (Å²) in [5.41, 5.74) is 5.26. The molecule has 1 rings (SSSR count). The van der Waals surface area contributed by atoms with Crippen molar-refractivity contribution in [2.45, 2.75) is 0 Å². The van der Waals surface area contributed by atoms with Crippen LogP contribution in [0.15, 0.2) is 0 Å². The van der Waals surface area contributed by atoms with Crippen molar-refractivity contribution < 1.29 is 18.3 Å². The third-order valence-electron chi connectivity index (χ3n) is 2.09. The molecule has 5 nitrogen and oxygen atoms in total. The predicted octanol–water partition coefficient (Wildman–Crippen LogP) is -1.31. The van der Waals surface area contributed by atoms with Gasteiger partial charge in [-0.05, 0) is 12.5 Å². The molecule has 1 heterocycles. The molecular formula is C6H11NO4S. The number of carbonyl (C=O) groups is 1. The van der Waals surface area contributed by atoms with E-state index in [9.17, 15) is 13.2 Å². The van der Waals surface area contributed by atoms with E-state index in [1.54, 1.807) is 0 Å². The van der Waals surface area contributed by atoms with Gasteiger partial charge in [0.1, 0.15) is 0 Å². The summed E-state index contributed by atoms with van der Waals surface area (Å²) in [7, 11) is -3.16. The van der Waals surface area contributed by atoms with E-state index in [2.05, 4.69) is 0 Å². The maximum Gasteiger partial charge on any atom is 0.307 e. The molecule has 0 aromatic carbocycles. The number of nitrogens with two attached hydrogens (primary N) is 1. The Morgan fingerprint density at radius 2 is 2.08 bits per heavy atom. The van der Waals surface area contributed by atoms with Crippen molar-refractivity contribution in [3.63, 3.8) is 0 Å². The number of hydrogen-bond donors (Lipinski definition) is 2. The molecule has 2 unspecified atom stereocenters. The van der Waals surface area contributed by atoms with Crippen LogP contribution in [0.3, 0.4) is 0 Å². The van der Waals surface area contributed by atoms with Crippen molar-refractivity contribution in [3.05, 3.63) is 0 Å². The fraction of sp³-hybridized carbons (Fsp3) is 0.833. The van der Waals surface area contributed by atoms with Gasteiger partial charge in [-0.1, -0.05) is 0 Å². The molecule has 3 N–H and O–H groups in total. The summed E-state index contributed by atoms with van der Waals surface area (Å²) in [6.07, 6.45) is 0. The molecule has 0 radical (unpaired) electrons. The summed E-state index contributed by atoms with van der Waals surface area (Å²) in [5, 5.41) is 8.63. The molecule has 0 saturated carbocycles. The van der Waals surface area contributed by atoms with E-state index in [4.69, 9.17) is 10.8 Å². The minimum atomic E-state index is -3.16. The van der Waals surface area contributed by atoms with Crippen LogP contribution in [0.2, 0.25) is 0 Å². The third kappa shape index (κ3) is 1.75. The van der Waals surface area contributed by atoms with Crippen LogP contribution in [0.25, 0.3) is 0 Å². The highest BCUT2D eigenvalue weighted by Gasteiger charge is 2.40. The first-order valence-corrected chi connectivity index (χ1v) is 5.41. The minimum absolute atomic E-state index is 0.0829. The number of rotatable bonds is 2. The van der Waals surface area contributed by atoms with Crippen LogP contribution in [0.5, 0.6) is 0 Å².